The van der Waals surface area contributed by atoms with E-state index in [1.54, 1.807) is 17.0 Å². The minimum absolute atomic E-state index is 0.0563. The summed E-state index contributed by atoms with van der Waals surface area (Å²) in [5.41, 5.74) is 4.09. The number of aryl methyl sites for hydroxylation is 1. The third kappa shape index (κ3) is 8.55. The number of halogens is 1. The largest absolute Gasteiger partial charge is 0.352 e. The van der Waals surface area contributed by atoms with Crippen LogP contribution in [-0.2, 0) is 28.3 Å². The van der Waals surface area contributed by atoms with Gasteiger partial charge in [-0.15, -0.1) is 11.8 Å². The monoisotopic (exact) mass is 492 g/mol. The van der Waals surface area contributed by atoms with Crippen molar-refractivity contribution in [1.82, 2.24) is 10.2 Å². The molecule has 3 aromatic rings. The lowest BCUT2D eigenvalue weighted by molar-refractivity contribution is -0.139. The average Bonchev–Trinajstić information content (AvgIpc) is 2.82. The maximum atomic E-state index is 13.5. The van der Waals surface area contributed by atoms with Crippen molar-refractivity contribution in [3.8, 4) is 0 Å². The molecule has 0 saturated heterocycles. The first-order valence-corrected chi connectivity index (χ1v) is 13.0. The fourth-order valence-electron chi connectivity index (χ4n) is 3.86. The molecule has 0 bridgehead atoms. The zero-order valence-corrected chi connectivity index (χ0v) is 21.4. The highest BCUT2D eigenvalue weighted by atomic mass is 32.2. The van der Waals surface area contributed by atoms with Gasteiger partial charge in [-0.1, -0.05) is 72.3 Å². The Bertz CT molecular complexity index is 1100. The van der Waals surface area contributed by atoms with Gasteiger partial charge in [0.25, 0.3) is 0 Å². The lowest BCUT2D eigenvalue weighted by Crippen LogP contribution is -2.52. The van der Waals surface area contributed by atoms with E-state index >= 15 is 0 Å². The van der Waals surface area contributed by atoms with Crippen LogP contribution in [0.1, 0.15) is 36.1 Å². The van der Waals surface area contributed by atoms with Crippen LogP contribution in [0.3, 0.4) is 0 Å². The average molecular weight is 493 g/mol. The molecule has 0 aliphatic rings. The van der Waals surface area contributed by atoms with E-state index in [9.17, 15) is 14.0 Å². The van der Waals surface area contributed by atoms with Crippen molar-refractivity contribution < 1.29 is 14.0 Å². The van der Waals surface area contributed by atoms with Crippen LogP contribution in [0, 0.1) is 12.7 Å². The number of hydrogen-bond acceptors (Lipinski definition) is 3. The van der Waals surface area contributed by atoms with Gasteiger partial charge in [0.15, 0.2) is 0 Å². The topological polar surface area (TPSA) is 49.4 Å². The van der Waals surface area contributed by atoms with E-state index in [0.717, 1.165) is 16.7 Å². The van der Waals surface area contributed by atoms with Crippen LogP contribution in [0.2, 0.25) is 0 Å². The Labute approximate surface area is 211 Å². The van der Waals surface area contributed by atoms with Crippen molar-refractivity contribution in [2.45, 2.75) is 51.6 Å². The number of carbonyl (C=O) groups excluding carboxylic acids is 2. The molecule has 0 heterocycles. The lowest BCUT2D eigenvalue weighted by atomic mass is 10.0. The summed E-state index contributed by atoms with van der Waals surface area (Å²) in [5, 5.41) is 2.98. The molecule has 2 amide bonds. The highest BCUT2D eigenvalue weighted by molar-refractivity contribution is 7.99. The Morgan fingerprint density at radius 2 is 1.60 bits per heavy atom. The van der Waals surface area contributed by atoms with Gasteiger partial charge in [0, 0.05) is 24.8 Å². The third-order valence-electron chi connectivity index (χ3n) is 5.54. The maximum Gasteiger partial charge on any atom is 0.243 e. The number of amides is 2. The Kier molecular flexibility index (Phi) is 9.91. The van der Waals surface area contributed by atoms with Gasteiger partial charge >= 0.3 is 0 Å². The predicted molar refractivity (Wildman–Crippen MR) is 142 cm³/mol. The van der Waals surface area contributed by atoms with E-state index < -0.39 is 6.04 Å². The summed E-state index contributed by atoms with van der Waals surface area (Å²) in [6.45, 7) is 6.08. The smallest absolute Gasteiger partial charge is 0.243 e. The van der Waals surface area contributed by atoms with Gasteiger partial charge in [0.2, 0.25) is 11.8 Å². The highest BCUT2D eigenvalue weighted by Gasteiger charge is 2.30. The molecular weight excluding hydrogens is 459 g/mol. The quantitative estimate of drug-likeness (QED) is 0.383. The molecule has 35 heavy (non-hydrogen) atoms. The van der Waals surface area contributed by atoms with Gasteiger partial charge in [-0.05, 0) is 49.6 Å². The number of thioether (sulfide) groups is 1. The van der Waals surface area contributed by atoms with Crippen molar-refractivity contribution in [1.29, 1.82) is 0 Å². The van der Waals surface area contributed by atoms with Gasteiger partial charge in [0.1, 0.15) is 11.9 Å². The minimum atomic E-state index is -0.683. The molecule has 184 valence electrons. The molecule has 0 radical (unpaired) electrons. The number of benzene rings is 3. The molecule has 3 rings (SSSR count). The molecule has 0 saturated carbocycles. The van der Waals surface area contributed by atoms with Crippen molar-refractivity contribution in [2.75, 3.05) is 5.75 Å². The van der Waals surface area contributed by atoms with Gasteiger partial charge in [-0.25, -0.2) is 4.39 Å². The SMILES string of the molecule is Cc1cccc(CSCC(=O)N(Cc2ccc(F)cc2)[C@H](Cc2ccccc2)C(=O)NC(C)C)c1. The Hall–Kier alpha value is -3.12. The first-order chi connectivity index (χ1) is 16.8. The Balaban J connectivity index is 1.84. The molecular formula is C29H33FN2O2S. The lowest BCUT2D eigenvalue weighted by Gasteiger charge is -2.32. The maximum absolute atomic E-state index is 13.5. The third-order valence-corrected chi connectivity index (χ3v) is 6.53. The zero-order valence-electron chi connectivity index (χ0n) is 20.5. The van der Waals surface area contributed by atoms with E-state index in [2.05, 4.69) is 17.4 Å². The number of carbonyl (C=O) groups is 2. The van der Waals surface area contributed by atoms with E-state index in [1.807, 2.05) is 63.2 Å². The summed E-state index contributed by atoms with van der Waals surface area (Å²) in [7, 11) is 0. The predicted octanol–water partition coefficient (Wildman–Crippen LogP) is 5.53. The van der Waals surface area contributed by atoms with Crippen molar-refractivity contribution in [2.24, 2.45) is 0 Å². The molecule has 0 aliphatic carbocycles. The molecule has 0 spiro atoms. The fraction of sp³-hybridized carbons (Fsp3) is 0.310. The first kappa shape index (κ1) is 26.5. The highest BCUT2D eigenvalue weighted by Crippen LogP contribution is 2.19. The second kappa shape index (κ2) is 13.1. The van der Waals surface area contributed by atoms with Crippen molar-refractivity contribution >= 4 is 23.6 Å². The van der Waals surface area contributed by atoms with E-state index in [1.165, 1.54) is 29.5 Å². The second-order valence-electron chi connectivity index (χ2n) is 9.00. The van der Waals surface area contributed by atoms with Crippen molar-refractivity contribution in [3.63, 3.8) is 0 Å². The van der Waals surface area contributed by atoms with Crippen LogP contribution in [0.25, 0.3) is 0 Å². The molecule has 0 unspecified atom stereocenters. The summed E-state index contributed by atoms with van der Waals surface area (Å²) in [6, 6.07) is 23.3. The number of nitrogens with one attached hydrogen (secondary N) is 1. The molecule has 0 aromatic heterocycles. The van der Waals surface area contributed by atoms with E-state index in [-0.39, 0.29) is 36.0 Å². The number of hydrogen-bond donors (Lipinski definition) is 1. The Morgan fingerprint density at radius 3 is 2.26 bits per heavy atom. The molecule has 3 aromatic carbocycles. The normalized spacial score (nSPS) is 11.8. The molecule has 1 atom stereocenters. The van der Waals surface area contributed by atoms with E-state index in [0.29, 0.717) is 12.2 Å². The summed E-state index contributed by atoms with van der Waals surface area (Å²) >= 11 is 1.53. The second-order valence-corrected chi connectivity index (χ2v) is 9.98. The van der Waals surface area contributed by atoms with Gasteiger partial charge in [0.05, 0.1) is 5.75 Å². The van der Waals surface area contributed by atoms with Crippen molar-refractivity contribution in [3.05, 3.63) is 107 Å². The molecule has 6 heteroatoms. The van der Waals surface area contributed by atoms with E-state index in [4.69, 9.17) is 0 Å². The van der Waals surface area contributed by atoms with Crippen LogP contribution in [-0.4, -0.2) is 34.6 Å². The summed E-state index contributed by atoms with van der Waals surface area (Å²) in [4.78, 5) is 28.5. The van der Waals surface area contributed by atoms with Gasteiger partial charge < -0.3 is 10.2 Å². The van der Waals surface area contributed by atoms with Crippen LogP contribution in [0.5, 0.6) is 0 Å². The van der Waals surface area contributed by atoms with Gasteiger partial charge in [-0.2, -0.15) is 0 Å². The molecule has 4 nitrogen and oxygen atoms in total. The number of nitrogens with zero attached hydrogens (tertiary/aromatic N) is 1. The molecule has 0 fully saturated rings. The molecule has 0 aliphatic heterocycles. The fourth-order valence-corrected chi connectivity index (χ4v) is 4.72. The first-order valence-electron chi connectivity index (χ1n) is 11.8. The van der Waals surface area contributed by atoms with Crippen LogP contribution in [0.15, 0.2) is 78.9 Å². The van der Waals surface area contributed by atoms with Crippen LogP contribution < -0.4 is 5.32 Å². The molecule has 1 N–H and O–H groups in total. The van der Waals surface area contributed by atoms with Crippen LogP contribution in [0.4, 0.5) is 4.39 Å². The van der Waals surface area contributed by atoms with Crippen LogP contribution >= 0.6 is 11.8 Å². The Morgan fingerprint density at radius 1 is 0.914 bits per heavy atom. The van der Waals surface area contributed by atoms with Gasteiger partial charge in [-0.3, -0.25) is 9.59 Å². The minimum Gasteiger partial charge on any atom is -0.352 e. The number of rotatable bonds is 11. The summed E-state index contributed by atoms with van der Waals surface area (Å²) in [5.74, 6) is 0.308. The summed E-state index contributed by atoms with van der Waals surface area (Å²) in [6.07, 6.45) is 0.398. The summed E-state index contributed by atoms with van der Waals surface area (Å²) < 4.78 is 13.5. The zero-order chi connectivity index (χ0) is 25.2. The standard InChI is InChI=1S/C29H33FN2O2S/c1-21(2)31-29(34)27(17-23-9-5-4-6-10-23)32(18-24-12-14-26(30)15-13-24)28(33)20-35-19-25-11-7-8-22(3)16-25/h4-16,21,27H,17-20H2,1-3H3,(H,31,34)/t27-/m1/s1.